The third kappa shape index (κ3) is 4.96. The molecule has 6 nitrogen and oxygen atoms in total. The molecule has 162 valence electrons. The Hall–Kier alpha value is -4.11. The van der Waals surface area contributed by atoms with E-state index in [2.05, 4.69) is 6.58 Å². The van der Waals surface area contributed by atoms with E-state index in [-0.39, 0.29) is 12.1 Å². The number of methoxy groups -OCH3 is 1. The highest BCUT2D eigenvalue weighted by Gasteiger charge is 2.35. The first-order valence-electron chi connectivity index (χ1n) is 10.1. The maximum Gasteiger partial charge on any atom is 0.271 e. The Morgan fingerprint density at radius 3 is 2.28 bits per heavy atom. The number of amides is 2. The van der Waals surface area contributed by atoms with Crippen LogP contribution in [0.4, 0.5) is 0 Å². The predicted octanol–water partition coefficient (Wildman–Crippen LogP) is 4.09. The van der Waals surface area contributed by atoms with Crippen LogP contribution in [-0.2, 0) is 16.0 Å². The molecule has 0 bridgehead atoms. The molecule has 0 unspecified atom stereocenters. The Bertz CT molecular complexity index is 1120. The van der Waals surface area contributed by atoms with Crippen molar-refractivity contribution in [3.63, 3.8) is 0 Å². The molecule has 1 aliphatic rings. The van der Waals surface area contributed by atoms with Gasteiger partial charge in [-0.25, -0.2) is 0 Å². The molecule has 2 aromatic carbocycles. The third-order valence-corrected chi connectivity index (χ3v) is 5.17. The molecule has 0 radical (unpaired) electrons. The van der Waals surface area contributed by atoms with E-state index in [4.69, 9.17) is 9.47 Å². The number of carbonyl (C=O) groups is 2. The Balaban J connectivity index is 1.85. The van der Waals surface area contributed by atoms with Gasteiger partial charge in [0.25, 0.3) is 11.8 Å². The van der Waals surface area contributed by atoms with E-state index >= 15 is 0 Å². The zero-order chi connectivity index (χ0) is 23.1. The number of hydrogen-bond acceptors (Lipinski definition) is 5. The van der Waals surface area contributed by atoms with Crippen LogP contribution in [0.25, 0.3) is 6.08 Å². The molecular weight excluding hydrogens is 404 g/mol. The molecule has 1 aliphatic heterocycles. The lowest BCUT2D eigenvalue weighted by Crippen LogP contribution is -2.43. The largest absolute Gasteiger partial charge is 0.497 e. The number of hydrogen-bond donors (Lipinski definition) is 0. The fourth-order valence-corrected chi connectivity index (χ4v) is 3.35. The fraction of sp³-hybridized carbons (Fsp3) is 0.192. The van der Waals surface area contributed by atoms with Crippen molar-refractivity contribution in [2.24, 2.45) is 0 Å². The summed E-state index contributed by atoms with van der Waals surface area (Å²) in [5, 5.41) is 9.55. The summed E-state index contributed by atoms with van der Waals surface area (Å²) in [6, 6.07) is 16.6. The summed E-state index contributed by atoms with van der Waals surface area (Å²) in [5.74, 6) is 0.444. The molecule has 0 saturated heterocycles. The van der Waals surface area contributed by atoms with Crippen molar-refractivity contribution in [1.82, 2.24) is 4.90 Å². The average molecular weight is 428 g/mol. The van der Waals surface area contributed by atoms with E-state index in [0.717, 1.165) is 21.8 Å². The van der Waals surface area contributed by atoms with Crippen molar-refractivity contribution in [3.8, 4) is 17.6 Å². The summed E-state index contributed by atoms with van der Waals surface area (Å²) in [4.78, 5) is 27.1. The summed E-state index contributed by atoms with van der Waals surface area (Å²) >= 11 is 0. The van der Waals surface area contributed by atoms with Gasteiger partial charge in [-0.1, -0.05) is 36.9 Å². The molecule has 6 heteroatoms. The number of nitrogens with zero attached hydrogens (tertiary/aromatic N) is 2. The lowest BCUT2D eigenvalue weighted by molar-refractivity contribution is -0.140. The first kappa shape index (κ1) is 22.6. The maximum atomic E-state index is 13.2. The van der Waals surface area contributed by atoms with Gasteiger partial charge in [-0.05, 0) is 60.4 Å². The predicted molar refractivity (Wildman–Crippen MR) is 122 cm³/mol. The number of rotatable bonds is 8. The van der Waals surface area contributed by atoms with Gasteiger partial charge in [0, 0.05) is 12.1 Å². The van der Waals surface area contributed by atoms with Crippen molar-refractivity contribution < 1.29 is 19.1 Å². The van der Waals surface area contributed by atoms with Gasteiger partial charge in [0.1, 0.15) is 29.7 Å². The molecular formula is C26H24N2O4. The summed E-state index contributed by atoms with van der Waals surface area (Å²) < 4.78 is 10.6. The highest BCUT2D eigenvalue weighted by Crippen LogP contribution is 2.28. The quantitative estimate of drug-likeness (QED) is 0.359. The van der Waals surface area contributed by atoms with Gasteiger partial charge in [0.05, 0.1) is 7.11 Å². The number of ether oxygens (including phenoxy) is 2. The van der Waals surface area contributed by atoms with Crippen molar-refractivity contribution in [2.45, 2.75) is 13.3 Å². The normalized spacial score (nSPS) is 15.0. The zero-order valence-electron chi connectivity index (χ0n) is 18.1. The van der Waals surface area contributed by atoms with E-state index < -0.39 is 11.8 Å². The lowest BCUT2D eigenvalue weighted by Gasteiger charge is -2.27. The van der Waals surface area contributed by atoms with Gasteiger partial charge in [-0.3, -0.25) is 14.5 Å². The van der Waals surface area contributed by atoms with Gasteiger partial charge in [-0.2, -0.15) is 5.26 Å². The van der Waals surface area contributed by atoms with Crippen LogP contribution in [0.3, 0.4) is 0 Å². The molecule has 2 amide bonds. The van der Waals surface area contributed by atoms with E-state index in [1.807, 2.05) is 42.5 Å². The second-order valence-corrected chi connectivity index (χ2v) is 7.20. The SMILES string of the molecule is C=CCOc1ccc(/C=C2/C(=O)N(CCc3ccc(OC)cc3)C(=O)C(C#N)=C2C)cc1. The Morgan fingerprint density at radius 1 is 1.03 bits per heavy atom. The Kier molecular flexibility index (Phi) is 7.25. The van der Waals surface area contributed by atoms with Gasteiger partial charge >= 0.3 is 0 Å². The van der Waals surface area contributed by atoms with Gasteiger partial charge in [0.2, 0.25) is 0 Å². The molecule has 0 atom stereocenters. The summed E-state index contributed by atoms with van der Waals surface area (Å²) in [6.45, 7) is 5.82. The standard InChI is InChI=1S/C26H24N2O4/c1-4-15-32-22-11-7-20(8-12-22)16-23-18(2)24(17-27)26(30)28(25(23)29)14-13-19-5-9-21(31-3)10-6-19/h4-12,16H,1,13-15H2,2-3H3/b23-16+. The molecule has 0 saturated carbocycles. The third-order valence-electron chi connectivity index (χ3n) is 5.17. The average Bonchev–Trinajstić information content (AvgIpc) is 2.82. The number of nitriles is 1. The molecule has 0 fully saturated rings. The van der Waals surface area contributed by atoms with Crippen LogP contribution in [0, 0.1) is 11.3 Å². The van der Waals surface area contributed by atoms with Crippen LogP contribution in [0.15, 0.2) is 77.9 Å². The Morgan fingerprint density at radius 2 is 1.69 bits per heavy atom. The molecule has 2 aromatic rings. The molecule has 32 heavy (non-hydrogen) atoms. The van der Waals surface area contributed by atoms with Gasteiger partial charge in [-0.15, -0.1) is 0 Å². The molecule has 3 rings (SSSR count). The first-order valence-corrected chi connectivity index (χ1v) is 10.1. The highest BCUT2D eigenvalue weighted by atomic mass is 16.5. The van der Waals surface area contributed by atoms with Crippen LogP contribution < -0.4 is 9.47 Å². The molecule has 0 spiro atoms. The maximum absolute atomic E-state index is 13.2. The minimum atomic E-state index is -0.561. The number of carbonyl (C=O) groups excluding carboxylic acids is 2. The van der Waals surface area contributed by atoms with E-state index in [1.54, 1.807) is 38.3 Å². The van der Waals surface area contributed by atoms with Crippen LogP contribution in [0.1, 0.15) is 18.1 Å². The molecule has 1 heterocycles. The lowest BCUT2D eigenvalue weighted by atomic mass is 9.93. The molecule has 0 aromatic heterocycles. The first-order chi connectivity index (χ1) is 15.5. The zero-order valence-corrected chi connectivity index (χ0v) is 18.1. The molecule has 0 aliphatic carbocycles. The summed E-state index contributed by atoms with van der Waals surface area (Å²) in [7, 11) is 1.59. The Labute approximate surface area is 187 Å². The monoisotopic (exact) mass is 428 g/mol. The topological polar surface area (TPSA) is 79.6 Å². The van der Waals surface area contributed by atoms with Crippen LogP contribution in [-0.4, -0.2) is 37.0 Å². The second-order valence-electron chi connectivity index (χ2n) is 7.20. The van der Waals surface area contributed by atoms with Crippen LogP contribution in [0.2, 0.25) is 0 Å². The van der Waals surface area contributed by atoms with E-state index in [0.29, 0.717) is 29.9 Å². The second kappa shape index (κ2) is 10.3. The smallest absolute Gasteiger partial charge is 0.271 e. The van der Waals surface area contributed by atoms with Crippen molar-refractivity contribution in [1.29, 1.82) is 5.26 Å². The minimum Gasteiger partial charge on any atom is -0.497 e. The minimum absolute atomic E-state index is 0.0171. The van der Waals surface area contributed by atoms with Crippen LogP contribution >= 0.6 is 0 Å². The van der Waals surface area contributed by atoms with Gasteiger partial charge < -0.3 is 9.47 Å². The highest BCUT2D eigenvalue weighted by molar-refractivity contribution is 6.19. The fourth-order valence-electron chi connectivity index (χ4n) is 3.35. The van der Waals surface area contributed by atoms with Crippen molar-refractivity contribution in [2.75, 3.05) is 20.3 Å². The summed E-state index contributed by atoms with van der Waals surface area (Å²) in [6.07, 6.45) is 3.83. The number of imide groups is 1. The number of benzene rings is 2. The van der Waals surface area contributed by atoms with Crippen LogP contribution in [0.5, 0.6) is 11.5 Å². The van der Waals surface area contributed by atoms with Gasteiger partial charge in [0.15, 0.2) is 0 Å². The van der Waals surface area contributed by atoms with E-state index in [1.165, 1.54) is 0 Å². The van der Waals surface area contributed by atoms with Crippen molar-refractivity contribution >= 4 is 17.9 Å². The molecule has 0 N–H and O–H groups in total. The van der Waals surface area contributed by atoms with E-state index in [9.17, 15) is 14.9 Å². The summed E-state index contributed by atoms with van der Waals surface area (Å²) in [5.41, 5.74) is 2.42. The van der Waals surface area contributed by atoms with Crippen molar-refractivity contribution in [3.05, 3.63) is 89.0 Å².